The maximum Gasteiger partial charge on any atom is 0.285 e. The third-order valence-electron chi connectivity index (χ3n) is 9.01. The lowest BCUT2D eigenvalue weighted by molar-refractivity contribution is -0.264. The highest BCUT2D eigenvalue weighted by atomic mass is 35.5. The molecule has 228 valence electrons. The molecule has 1 saturated heterocycles. The first kappa shape index (κ1) is 30.2. The number of aliphatic hydroxyl groups excluding tert-OH is 1. The molecule has 0 spiro atoms. The second-order valence-electron chi connectivity index (χ2n) is 11.8. The number of hydrogen-bond acceptors (Lipinski definition) is 7. The van der Waals surface area contributed by atoms with Gasteiger partial charge in [-0.25, -0.2) is 0 Å². The largest absolute Gasteiger partial charge is 0.388 e. The average molecular weight is 619 g/mol. The summed E-state index contributed by atoms with van der Waals surface area (Å²) in [6.07, 6.45) is 3.11. The van der Waals surface area contributed by atoms with Crippen molar-refractivity contribution in [1.82, 2.24) is 10.1 Å². The number of hydrogen-bond donors (Lipinski definition) is 2. The Morgan fingerprint density at radius 2 is 2.00 bits per heavy atom. The number of nitrogens with two attached hydrogens (primary N) is 1. The van der Waals surface area contributed by atoms with Crippen LogP contribution in [0.2, 0.25) is 5.02 Å². The van der Waals surface area contributed by atoms with Crippen LogP contribution in [-0.4, -0.2) is 52.4 Å². The summed E-state index contributed by atoms with van der Waals surface area (Å²) < 4.78 is 28.7. The Morgan fingerprint density at radius 1 is 1.23 bits per heavy atom. The topological polar surface area (TPSA) is 139 Å². The van der Waals surface area contributed by atoms with E-state index in [0.29, 0.717) is 53.3 Å². The average Bonchev–Trinajstić information content (AvgIpc) is 3.80. The summed E-state index contributed by atoms with van der Waals surface area (Å²) in [5, 5.41) is 21.5. The van der Waals surface area contributed by atoms with E-state index in [-0.39, 0.29) is 41.8 Å². The van der Waals surface area contributed by atoms with Crippen molar-refractivity contribution in [2.24, 2.45) is 11.1 Å². The summed E-state index contributed by atoms with van der Waals surface area (Å²) in [5.74, 6) is -1.55. The number of carbonyl (C=O) groups is 2. The minimum atomic E-state index is -2.23. The Hall–Kier alpha value is -3.88. The number of nitriles is 1. The monoisotopic (exact) mass is 618 g/mol. The molecular formula is C33H32ClFN4O5. The molecule has 6 rings (SSSR count). The van der Waals surface area contributed by atoms with Crippen LogP contribution in [0, 0.1) is 16.7 Å². The van der Waals surface area contributed by atoms with Gasteiger partial charge in [0.15, 0.2) is 0 Å². The predicted molar refractivity (Wildman–Crippen MR) is 159 cm³/mol. The van der Waals surface area contributed by atoms with Gasteiger partial charge in [-0.1, -0.05) is 40.3 Å². The maximum absolute atomic E-state index is 16.6. The zero-order chi connectivity index (χ0) is 31.1. The van der Waals surface area contributed by atoms with Crippen molar-refractivity contribution in [3.8, 4) is 17.2 Å². The van der Waals surface area contributed by atoms with Gasteiger partial charge in [0.2, 0.25) is 11.6 Å². The van der Waals surface area contributed by atoms with Crippen molar-refractivity contribution in [3.05, 3.63) is 87.7 Å². The second kappa shape index (κ2) is 11.9. The van der Waals surface area contributed by atoms with Crippen molar-refractivity contribution < 1.29 is 28.7 Å². The van der Waals surface area contributed by atoms with Crippen LogP contribution in [0.1, 0.15) is 71.3 Å². The van der Waals surface area contributed by atoms with Crippen molar-refractivity contribution in [1.29, 1.82) is 5.26 Å². The highest BCUT2D eigenvalue weighted by Crippen LogP contribution is 2.52. The summed E-state index contributed by atoms with van der Waals surface area (Å²) >= 11 is 6.15. The normalized spacial score (nSPS) is 22.7. The van der Waals surface area contributed by atoms with Crippen molar-refractivity contribution in [3.63, 3.8) is 0 Å². The third-order valence-corrected chi connectivity index (χ3v) is 9.26. The summed E-state index contributed by atoms with van der Waals surface area (Å²) in [6, 6.07) is 15.7. The first-order valence-electron chi connectivity index (χ1n) is 14.7. The van der Waals surface area contributed by atoms with Gasteiger partial charge in [0.1, 0.15) is 12.2 Å². The van der Waals surface area contributed by atoms with E-state index in [1.54, 1.807) is 48.5 Å². The van der Waals surface area contributed by atoms with Crippen LogP contribution in [0.3, 0.4) is 0 Å². The van der Waals surface area contributed by atoms with E-state index in [4.69, 9.17) is 26.8 Å². The van der Waals surface area contributed by atoms with E-state index in [0.717, 1.165) is 18.4 Å². The van der Waals surface area contributed by atoms with Crippen molar-refractivity contribution in [2.45, 2.75) is 62.9 Å². The van der Waals surface area contributed by atoms with E-state index < -0.39 is 29.1 Å². The van der Waals surface area contributed by atoms with Crippen molar-refractivity contribution >= 4 is 23.4 Å². The lowest BCUT2D eigenvalue weighted by Gasteiger charge is -2.39. The van der Waals surface area contributed by atoms with Gasteiger partial charge < -0.3 is 20.3 Å². The van der Waals surface area contributed by atoms with Crippen LogP contribution in [0.5, 0.6) is 0 Å². The van der Waals surface area contributed by atoms with Crippen LogP contribution in [0.25, 0.3) is 11.1 Å². The number of halogens is 2. The number of nitrogens with zero attached hydrogens (tertiary/aromatic N) is 3. The fraction of sp³-hybridized carbons (Fsp3) is 0.394. The van der Waals surface area contributed by atoms with Crippen LogP contribution in [0.4, 0.5) is 4.48 Å². The van der Waals surface area contributed by atoms with Gasteiger partial charge in [-0.3, -0.25) is 14.6 Å². The van der Waals surface area contributed by atoms with Gasteiger partial charge in [0.05, 0.1) is 29.3 Å². The molecular weight excluding hydrogens is 587 g/mol. The molecule has 44 heavy (non-hydrogen) atoms. The Morgan fingerprint density at radius 3 is 2.61 bits per heavy atom. The zero-order valence-corrected chi connectivity index (χ0v) is 24.7. The molecule has 3 atom stereocenters. The molecule has 2 unspecified atom stereocenters. The Labute approximate surface area is 259 Å². The highest BCUT2D eigenvalue weighted by Gasteiger charge is 2.60. The van der Waals surface area contributed by atoms with E-state index >= 15 is 4.48 Å². The second-order valence-corrected chi connectivity index (χ2v) is 12.2. The molecule has 9 nitrogen and oxygen atoms in total. The molecule has 2 aliphatic heterocycles. The minimum absolute atomic E-state index is 0.0160. The summed E-state index contributed by atoms with van der Waals surface area (Å²) in [7, 11) is 0. The van der Waals surface area contributed by atoms with Crippen LogP contribution in [-0.2, 0) is 26.4 Å². The standard InChI is InChI=1S/C33H32ClFN4O5/c34-22-7-5-21(6-8-22)25-10-11-27-29(26(25)15-23-9-4-20(17-36)18-38-23)30(41)39(35)33(27,44-19-32(12-13-32)31(37)42)28(40)16-24-3-1-2-14-43-24/h4-11,18,24,28,40H,1-3,12-16,19H2,(H2,37,42)/t24?,28?,33-/m1/s1. The Balaban J connectivity index is 1.50. The number of rotatable bonds is 10. The highest BCUT2D eigenvalue weighted by molar-refractivity contribution is 6.30. The van der Waals surface area contributed by atoms with E-state index in [2.05, 4.69) is 4.98 Å². The molecule has 3 heterocycles. The summed E-state index contributed by atoms with van der Waals surface area (Å²) in [6.45, 7) is 0.264. The summed E-state index contributed by atoms with van der Waals surface area (Å²) in [4.78, 5) is 30.6. The Bertz CT molecular complexity index is 1620. The van der Waals surface area contributed by atoms with Crippen LogP contribution < -0.4 is 5.73 Å². The number of amides is 2. The SMILES string of the molecule is N#Cc1ccc(Cc2c(-c3ccc(Cl)cc3)ccc3c2C(=O)N(F)[C@]3(OCC2(C(N)=O)CC2)C(O)CC2CCCCO2)nc1. The lowest BCUT2D eigenvalue weighted by atomic mass is 9.85. The first-order chi connectivity index (χ1) is 21.2. The molecule has 0 bridgehead atoms. The van der Waals surface area contributed by atoms with E-state index in [1.165, 1.54) is 6.20 Å². The fourth-order valence-corrected chi connectivity index (χ4v) is 6.34. The fourth-order valence-electron chi connectivity index (χ4n) is 6.21. The molecule has 3 aromatic rings. The molecule has 2 fully saturated rings. The molecule has 2 aromatic carbocycles. The van der Waals surface area contributed by atoms with Crippen LogP contribution >= 0.6 is 11.6 Å². The molecule has 1 aromatic heterocycles. The number of carbonyl (C=O) groups excluding carboxylic acids is 2. The zero-order valence-electron chi connectivity index (χ0n) is 24.0. The Kier molecular flexibility index (Phi) is 8.16. The molecule has 1 aliphatic carbocycles. The number of benzene rings is 2. The number of aromatic nitrogens is 1. The maximum atomic E-state index is 16.6. The molecule has 3 N–H and O–H groups in total. The van der Waals surface area contributed by atoms with Crippen LogP contribution in [0.15, 0.2) is 54.7 Å². The van der Waals surface area contributed by atoms with Gasteiger partial charge in [0, 0.05) is 41.9 Å². The lowest BCUT2D eigenvalue weighted by Crippen LogP contribution is -2.53. The van der Waals surface area contributed by atoms with E-state index in [9.17, 15) is 20.0 Å². The van der Waals surface area contributed by atoms with Gasteiger partial charge >= 0.3 is 0 Å². The minimum Gasteiger partial charge on any atom is -0.388 e. The van der Waals surface area contributed by atoms with Gasteiger partial charge in [-0.05, 0) is 73.1 Å². The smallest absolute Gasteiger partial charge is 0.285 e. The van der Waals surface area contributed by atoms with Gasteiger partial charge in [0.25, 0.3) is 5.91 Å². The summed E-state index contributed by atoms with van der Waals surface area (Å²) in [5.41, 5.74) is 5.40. The first-order valence-corrected chi connectivity index (χ1v) is 15.1. The number of fused-ring (bicyclic) bond motifs is 1. The molecule has 0 radical (unpaired) electrons. The molecule has 1 saturated carbocycles. The van der Waals surface area contributed by atoms with Gasteiger partial charge in [-0.15, -0.1) is 5.12 Å². The molecule has 11 heteroatoms. The number of primary amides is 1. The number of pyridine rings is 1. The molecule has 3 aliphatic rings. The quantitative estimate of drug-likeness (QED) is 0.306. The third kappa shape index (κ3) is 5.35. The van der Waals surface area contributed by atoms with E-state index in [1.807, 2.05) is 6.07 Å². The predicted octanol–water partition coefficient (Wildman–Crippen LogP) is 4.96. The van der Waals surface area contributed by atoms with Crippen molar-refractivity contribution in [2.75, 3.05) is 13.2 Å². The molecule has 2 amide bonds. The number of ether oxygens (including phenoxy) is 2. The number of aliphatic hydroxyl groups is 1. The van der Waals surface area contributed by atoms with Gasteiger partial charge in [-0.2, -0.15) is 5.26 Å².